The summed E-state index contributed by atoms with van der Waals surface area (Å²) in [6, 6.07) is 0.847. The Balaban J connectivity index is 2.47. The van der Waals surface area contributed by atoms with Crippen molar-refractivity contribution in [3.63, 3.8) is 0 Å². The van der Waals surface area contributed by atoms with Crippen LogP contribution in [0.3, 0.4) is 0 Å². The second-order valence-corrected chi connectivity index (χ2v) is 4.79. The highest BCUT2D eigenvalue weighted by molar-refractivity contribution is 4.82. The van der Waals surface area contributed by atoms with Crippen LogP contribution in [-0.2, 0) is 0 Å². The quantitative estimate of drug-likeness (QED) is 0.733. The van der Waals surface area contributed by atoms with Gasteiger partial charge in [-0.1, -0.05) is 33.1 Å². The maximum atomic E-state index is 5.60. The third-order valence-corrected chi connectivity index (χ3v) is 3.92. The van der Waals surface area contributed by atoms with E-state index in [0.717, 1.165) is 24.9 Å². The fourth-order valence-corrected chi connectivity index (χ4v) is 3.00. The Morgan fingerprint density at radius 3 is 2.53 bits per heavy atom. The van der Waals surface area contributed by atoms with Gasteiger partial charge in [-0.2, -0.15) is 0 Å². The number of nitrogens with zero attached hydrogens (tertiary/aromatic N) is 1. The third kappa shape index (κ3) is 3.76. The molecule has 1 aliphatic carbocycles. The fourth-order valence-electron chi connectivity index (χ4n) is 3.00. The molecule has 1 fully saturated rings. The maximum absolute atomic E-state index is 5.60. The van der Waals surface area contributed by atoms with Gasteiger partial charge in [-0.15, -0.1) is 0 Å². The van der Waals surface area contributed by atoms with Crippen molar-refractivity contribution in [3.05, 3.63) is 0 Å². The van der Waals surface area contributed by atoms with Gasteiger partial charge >= 0.3 is 0 Å². The first-order valence-electron chi connectivity index (χ1n) is 6.77. The molecule has 0 aromatic heterocycles. The number of hydrogen-bond donors (Lipinski definition) is 1. The first-order valence-corrected chi connectivity index (χ1v) is 6.77. The molecular formula is C13H28N2. The zero-order chi connectivity index (χ0) is 11.1. The third-order valence-electron chi connectivity index (χ3n) is 3.92. The minimum absolute atomic E-state index is 0.833. The summed E-state index contributed by atoms with van der Waals surface area (Å²) in [5.41, 5.74) is 5.60. The monoisotopic (exact) mass is 212 g/mol. The lowest BCUT2D eigenvalue weighted by atomic mass is 9.82. The van der Waals surface area contributed by atoms with Crippen LogP contribution < -0.4 is 5.73 Å². The SMILES string of the molecule is CCC1CCCCC1N(CC)CCCN. The lowest BCUT2D eigenvalue weighted by molar-refractivity contribution is 0.105. The Hall–Kier alpha value is -0.0800. The lowest BCUT2D eigenvalue weighted by Gasteiger charge is -2.39. The van der Waals surface area contributed by atoms with Gasteiger partial charge in [0.25, 0.3) is 0 Å². The summed E-state index contributed by atoms with van der Waals surface area (Å²) in [5, 5.41) is 0. The lowest BCUT2D eigenvalue weighted by Crippen LogP contribution is -2.43. The topological polar surface area (TPSA) is 29.3 Å². The van der Waals surface area contributed by atoms with Crippen molar-refractivity contribution in [1.82, 2.24) is 4.90 Å². The van der Waals surface area contributed by atoms with Crippen LogP contribution in [0.2, 0.25) is 0 Å². The van der Waals surface area contributed by atoms with Crippen LogP contribution in [0.5, 0.6) is 0 Å². The van der Waals surface area contributed by atoms with Crippen molar-refractivity contribution in [2.45, 2.75) is 58.4 Å². The molecule has 1 aliphatic rings. The zero-order valence-electron chi connectivity index (χ0n) is 10.5. The van der Waals surface area contributed by atoms with E-state index in [1.54, 1.807) is 0 Å². The van der Waals surface area contributed by atoms with E-state index < -0.39 is 0 Å². The van der Waals surface area contributed by atoms with Crippen LogP contribution in [-0.4, -0.2) is 30.6 Å². The molecule has 2 heteroatoms. The Morgan fingerprint density at radius 2 is 1.93 bits per heavy atom. The fraction of sp³-hybridized carbons (Fsp3) is 1.00. The number of rotatable bonds is 6. The van der Waals surface area contributed by atoms with Gasteiger partial charge in [0, 0.05) is 6.04 Å². The summed E-state index contributed by atoms with van der Waals surface area (Å²) in [6.45, 7) is 7.87. The Morgan fingerprint density at radius 1 is 1.20 bits per heavy atom. The molecule has 15 heavy (non-hydrogen) atoms. The summed E-state index contributed by atoms with van der Waals surface area (Å²) < 4.78 is 0. The summed E-state index contributed by atoms with van der Waals surface area (Å²) >= 11 is 0. The van der Waals surface area contributed by atoms with Gasteiger partial charge < -0.3 is 10.6 Å². The molecule has 0 spiro atoms. The van der Waals surface area contributed by atoms with E-state index in [-0.39, 0.29) is 0 Å². The van der Waals surface area contributed by atoms with Crippen LogP contribution in [0, 0.1) is 5.92 Å². The molecule has 0 radical (unpaired) electrons. The highest BCUT2D eigenvalue weighted by atomic mass is 15.2. The molecule has 0 heterocycles. The van der Waals surface area contributed by atoms with E-state index in [1.165, 1.54) is 45.2 Å². The van der Waals surface area contributed by atoms with Crippen LogP contribution in [0.25, 0.3) is 0 Å². The average Bonchev–Trinajstić information content (AvgIpc) is 2.30. The first kappa shape index (κ1) is 13.0. The van der Waals surface area contributed by atoms with Crippen molar-refractivity contribution in [1.29, 1.82) is 0 Å². The molecule has 0 saturated heterocycles. The largest absolute Gasteiger partial charge is 0.330 e. The first-order chi connectivity index (χ1) is 7.33. The van der Waals surface area contributed by atoms with Gasteiger partial charge in [0.15, 0.2) is 0 Å². The normalized spacial score (nSPS) is 27.2. The van der Waals surface area contributed by atoms with E-state index in [0.29, 0.717) is 0 Å². The molecule has 2 unspecified atom stereocenters. The smallest absolute Gasteiger partial charge is 0.0123 e. The van der Waals surface area contributed by atoms with Crippen LogP contribution in [0.1, 0.15) is 52.4 Å². The molecule has 0 amide bonds. The van der Waals surface area contributed by atoms with E-state index in [1.807, 2.05) is 0 Å². The Labute approximate surface area is 95.2 Å². The average molecular weight is 212 g/mol. The van der Waals surface area contributed by atoms with E-state index in [9.17, 15) is 0 Å². The minimum Gasteiger partial charge on any atom is -0.330 e. The Kier molecular flexibility index (Phi) is 6.26. The molecular weight excluding hydrogens is 184 g/mol. The number of nitrogens with two attached hydrogens (primary N) is 1. The van der Waals surface area contributed by atoms with Crippen LogP contribution in [0.15, 0.2) is 0 Å². The standard InChI is InChI=1S/C13H28N2/c1-3-12-8-5-6-9-13(12)15(4-2)11-7-10-14/h12-13H,3-11,14H2,1-2H3. The van der Waals surface area contributed by atoms with Crippen molar-refractivity contribution in [2.24, 2.45) is 11.7 Å². The predicted octanol–water partition coefficient (Wildman–Crippen LogP) is 2.63. The number of hydrogen-bond acceptors (Lipinski definition) is 2. The van der Waals surface area contributed by atoms with Gasteiger partial charge in [0.05, 0.1) is 0 Å². The van der Waals surface area contributed by atoms with Crippen molar-refractivity contribution in [2.75, 3.05) is 19.6 Å². The van der Waals surface area contributed by atoms with Gasteiger partial charge in [-0.25, -0.2) is 0 Å². The molecule has 2 nitrogen and oxygen atoms in total. The van der Waals surface area contributed by atoms with Gasteiger partial charge in [0.1, 0.15) is 0 Å². The Bertz CT molecular complexity index is 159. The van der Waals surface area contributed by atoms with Gasteiger partial charge in [0.2, 0.25) is 0 Å². The summed E-state index contributed by atoms with van der Waals surface area (Å²) in [6.07, 6.45) is 8.24. The zero-order valence-corrected chi connectivity index (χ0v) is 10.5. The molecule has 90 valence electrons. The second kappa shape index (κ2) is 7.24. The second-order valence-electron chi connectivity index (χ2n) is 4.79. The molecule has 0 aromatic carbocycles. The van der Waals surface area contributed by atoms with Crippen molar-refractivity contribution in [3.8, 4) is 0 Å². The predicted molar refractivity (Wildman–Crippen MR) is 67.0 cm³/mol. The van der Waals surface area contributed by atoms with Gasteiger partial charge in [-0.05, 0) is 44.8 Å². The van der Waals surface area contributed by atoms with E-state index in [4.69, 9.17) is 5.73 Å². The summed E-state index contributed by atoms with van der Waals surface area (Å²) in [5.74, 6) is 0.941. The van der Waals surface area contributed by atoms with E-state index >= 15 is 0 Å². The minimum atomic E-state index is 0.833. The van der Waals surface area contributed by atoms with Gasteiger partial charge in [-0.3, -0.25) is 0 Å². The molecule has 2 N–H and O–H groups in total. The van der Waals surface area contributed by atoms with Crippen molar-refractivity contribution >= 4 is 0 Å². The summed E-state index contributed by atoms with van der Waals surface area (Å²) in [4.78, 5) is 2.67. The maximum Gasteiger partial charge on any atom is 0.0123 e. The molecule has 1 rings (SSSR count). The van der Waals surface area contributed by atoms with E-state index in [2.05, 4.69) is 18.7 Å². The van der Waals surface area contributed by atoms with Crippen LogP contribution in [0.4, 0.5) is 0 Å². The molecule has 0 aromatic rings. The van der Waals surface area contributed by atoms with Crippen molar-refractivity contribution < 1.29 is 0 Å². The van der Waals surface area contributed by atoms with Crippen LogP contribution >= 0.6 is 0 Å². The highest BCUT2D eigenvalue weighted by Crippen LogP contribution is 2.30. The summed E-state index contributed by atoms with van der Waals surface area (Å²) in [7, 11) is 0. The molecule has 2 atom stereocenters. The highest BCUT2D eigenvalue weighted by Gasteiger charge is 2.27. The molecule has 0 aliphatic heterocycles. The molecule has 0 bridgehead atoms. The molecule has 1 saturated carbocycles.